The van der Waals surface area contributed by atoms with Crippen molar-refractivity contribution in [1.82, 2.24) is 0 Å². The molecule has 6 rings (SSSR count). The van der Waals surface area contributed by atoms with Gasteiger partial charge >= 0.3 is 0 Å². The molecule has 0 atom stereocenters. The van der Waals surface area contributed by atoms with E-state index in [-0.39, 0.29) is 11.5 Å². The number of hydrogen-bond donors (Lipinski definition) is 2. The average Bonchev–Trinajstić information content (AvgIpc) is 2.75. The van der Waals surface area contributed by atoms with Gasteiger partial charge in [0, 0.05) is 10.8 Å². The number of aromatic hydroxyl groups is 2. The molecular formula is C26H16O2. The Morgan fingerprint density at radius 1 is 0.393 bits per heavy atom. The van der Waals surface area contributed by atoms with Crippen LogP contribution in [-0.2, 0) is 0 Å². The van der Waals surface area contributed by atoms with Crippen molar-refractivity contribution < 1.29 is 10.2 Å². The fourth-order valence-electron chi connectivity index (χ4n) is 4.51. The smallest absolute Gasteiger partial charge is 0.166 e. The first-order chi connectivity index (χ1) is 13.7. The summed E-state index contributed by atoms with van der Waals surface area (Å²) in [5, 5.41) is 31.5. The molecule has 132 valence electrons. The van der Waals surface area contributed by atoms with E-state index in [1.54, 1.807) is 6.07 Å². The molecule has 28 heavy (non-hydrogen) atoms. The maximum atomic E-state index is 10.8. The molecule has 0 amide bonds. The van der Waals surface area contributed by atoms with Crippen molar-refractivity contribution in [2.45, 2.75) is 0 Å². The van der Waals surface area contributed by atoms with Gasteiger partial charge in [0.2, 0.25) is 0 Å². The molecule has 2 N–H and O–H groups in total. The maximum Gasteiger partial charge on any atom is 0.166 e. The molecule has 0 aliphatic rings. The van der Waals surface area contributed by atoms with Crippen molar-refractivity contribution in [3.8, 4) is 11.5 Å². The van der Waals surface area contributed by atoms with Gasteiger partial charge in [0.1, 0.15) is 0 Å². The van der Waals surface area contributed by atoms with Crippen molar-refractivity contribution >= 4 is 53.9 Å². The van der Waals surface area contributed by atoms with Crippen LogP contribution in [0.25, 0.3) is 53.9 Å². The molecule has 0 heterocycles. The summed E-state index contributed by atoms with van der Waals surface area (Å²) in [7, 11) is 0. The molecule has 0 aliphatic carbocycles. The van der Waals surface area contributed by atoms with Gasteiger partial charge in [-0.05, 0) is 49.2 Å². The summed E-state index contributed by atoms with van der Waals surface area (Å²) in [6.07, 6.45) is 0. The second-order valence-electron chi connectivity index (χ2n) is 7.31. The third-order valence-corrected chi connectivity index (χ3v) is 5.80. The molecular weight excluding hydrogens is 344 g/mol. The van der Waals surface area contributed by atoms with Crippen LogP contribution in [0.4, 0.5) is 0 Å². The Bertz CT molecular complexity index is 1560. The van der Waals surface area contributed by atoms with Crippen LogP contribution in [-0.4, -0.2) is 10.2 Å². The standard InChI is InChI=1S/C26H16O2/c27-21-14-13-19-12-11-18-10-9-17-8-7-16-6-5-15-3-1-2-4-20(15)22(16)23(17)24(18)25(19)26(21)28/h1-14,27-28H. The van der Waals surface area contributed by atoms with Gasteiger partial charge in [-0.1, -0.05) is 78.9 Å². The summed E-state index contributed by atoms with van der Waals surface area (Å²) in [6, 6.07) is 28.7. The largest absolute Gasteiger partial charge is 0.504 e. The molecule has 0 fully saturated rings. The van der Waals surface area contributed by atoms with Gasteiger partial charge in [0.25, 0.3) is 0 Å². The Kier molecular flexibility index (Phi) is 2.93. The van der Waals surface area contributed by atoms with Crippen LogP contribution in [0.1, 0.15) is 0 Å². The van der Waals surface area contributed by atoms with Gasteiger partial charge in [-0.3, -0.25) is 0 Å². The third-order valence-electron chi connectivity index (χ3n) is 5.80. The SMILES string of the molecule is Oc1ccc2ccc3ccc4ccc5ccc6ccccc6c5c4c3c2c1O. The summed E-state index contributed by atoms with van der Waals surface area (Å²) < 4.78 is 0. The normalized spacial score (nSPS) is 11.9. The molecule has 2 nitrogen and oxygen atoms in total. The lowest BCUT2D eigenvalue weighted by molar-refractivity contribution is 0.408. The minimum atomic E-state index is -0.0953. The molecule has 6 aromatic rings. The van der Waals surface area contributed by atoms with Crippen LogP contribution in [0.3, 0.4) is 0 Å². The van der Waals surface area contributed by atoms with Crippen LogP contribution in [0.5, 0.6) is 11.5 Å². The van der Waals surface area contributed by atoms with E-state index in [4.69, 9.17) is 0 Å². The van der Waals surface area contributed by atoms with Gasteiger partial charge in [-0.15, -0.1) is 0 Å². The lowest BCUT2D eigenvalue weighted by atomic mass is 9.90. The first kappa shape index (κ1) is 15.3. The predicted molar refractivity (Wildman–Crippen MR) is 117 cm³/mol. The maximum absolute atomic E-state index is 10.8. The van der Waals surface area contributed by atoms with Gasteiger partial charge in [0.15, 0.2) is 11.5 Å². The molecule has 0 aliphatic heterocycles. The van der Waals surface area contributed by atoms with Crippen LogP contribution in [0.15, 0.2) is 84.9 Å². The Morgan fingerprint density at radius 2 is 0.857 bits per heavy atom. The summed E-state index contributed by atoms with van der Waals surface area (Å²) in [5.74, 6) is -0.157. The van der Waals surface area contributed by atoms with E-state index >= 15 is 0 Å². The molecule has 0 bridgehead atoms. The van der Waals surface area contributed by atoms with E-state index in [1.807, 2.05) is 12.1 Å². The fraction of sp³-hybridized carbons (Fsp3) is 0. The number of benzene rings is 6. The Hall–Kier alpha value is -3.78. The first-order valence-electron chi connectivity index (χ1n) is 9.33. The summed E-state index contributed by atoms with van der Waals surface area (Å²) in [5.41, 5.74) is 0. The zero-order valence-corrected chi connectivity index (χ0v) is 15.0. The number of rotatable bonds is 0. The molecule has 6 aromatic carbocycles. The molecule has 0 saturated carbocycles. The van der Waals surface area contributed by atoms with Crippen LogP contribution in [0, 0.1) is 0 Å². The van der Waals surface area contributed by atoms with Gasteiger partial charge in [-0.25, -0.2) is 0 Å². The summed E-state index contributed by atoms with van der Waals surface area (Å²) in [6.45, 7) is 0. The molecule has 2 heteroatoms. The van der Waals surface area contributed by atoms with E-state index < -0.39 is 0 Å². The lowest BCUT2D eigenvalue weighted by Crippen LogP contribution is -1.86. The molecule has 0 saturated heterocycles. The van der Waals surface area contributed by atoms with Crippen LogP contribution >= 0.6 is 0 Å². The quantitative estimate of drug-likeness (QED) is 0.229. The lowest BCUT2D eigenvalue weighted by Gasteiger charge is -2.14. The molecule has 0 spiro atoms. The van der Waals surface area contributed by atoms with Crippen molar-refractivity contribution in [3.05, 3.63) is 84.9 Å². The highest BCUT2D eigenvalue weighted by Crippen LogP contribution is 2.43. The molecule has 0 radical (unpaired) electrons. The zero-order chi connectivity index (χ0) is 18.8. The predicted octanol–water partition coefficient (Wildman–Crippen LogP) is 6.86. The van der Waals surface area contributed by atoms with E-state index in [2.05, 4.69) is 66.7 Å². The molecule has 0 aromatic heterocycles. The van der Waals surface area contributed by atoms with Crippen molar-refractivity contribution in [2.75, 3.05) is 0 Å². The van der Waals surface area contributed by atoms with E-state index in [9.17, 15) is 10.2 Å². The fourth-order valence-corrected chi connectivity index (χ4v) is 4.51. The third kappa shape index (κ3) is 1.92. The second kappa shape index (κ2) is 5.37. The highest BCUT2D eigenvalue weighted by molar-refractivity contribution is 6.32. The van der Waals surface area contributed by atoms with Crippen molar-refractivity contribution in [3.63, 3.8) is 0 Å². The van der Waals surface area contributed by atoms with Gasteiger partial charge in [0.05, 0.1) is 0 Å². The Morgan fingerprint density at radius 3 is 1.54 bits per heavy atom. The molecule has 0 unspecified atom stereocenters. The number of hydrogen-bond acceptors (Lipinski definition) is 2. The number of phenols is 2. The second-order valence-corrected chi connectivity index (χ2v) is 7.31. The highest BCUT2D eigenvalue weighted by atomic mass is 16.3. The Labute approximate surface area is 160 Å². The number of phenolic OH excluding ortho intramolecular Hbond substituents is 2. The van der Waals surface area contributed by atoms with Crippen molar-refractivity contribution in [2.24, 2.45) is 0 Å². The van der Waals surface area contributed by atoms with Gasteiger partial charge in [-0.2, -0.15) is 0 Å². The summed E-state index contributed by atoms with van der Waals surface area (Å²) in [4.78, 5) is 0. The van der Waals surface area contributed by atoms with Gasteiger partial charge < -0.3 is 10.2 Å². The van der Waals surface area contributed by atoms with E-state index in [0.29, 0.717) is 5.39 Å². The van der Waals surface area contributed by atoms with Crippen molar-refractivity contribution in [1.29, 1.82) is 0 Å². The number of fused-ring (bicyclic) bond motifs is 9. The van der Waals surface area contributed by atoms with E-state index in [1.165, 1.54) is 16.2 Å². The van der Waals surface area contributed by atoms with Crippen LogP contribution < -0.4 is 0 Å². The zero-order valence-electron chi connectivity index (χ0n) is 15.0. The topological polar surface area (TPSA) is 40.5 Å². The summed E-state index contributed by atoms with van der Waals surface area (Å²) >= 11 is 0. The monoisotopic (exact) mass is 360 g/mol. The first-order valence-corrected chi connectivity index (χ1v) is 9.33. The van der Waals surface area contributed by atoms with Crippen LogP contribution in [0.2, 0.25) is 0 Å². The highest BCUT2D eigenvalue weighted by Gasteiger charge is 2.14. The average molecular weight is 360 g/mol. The minimum absolute atomic E-state index is 0.0622. The Balaban J connectivity index is 2.04. The minimum Gasteiger partial charge on any atom is -0.504 e. The van der Waals surface area contributed by atoms with E-state index in [0.717, 1.165) is 32.3 Å².